The lowest BCUT2D eigenvalue weighted by molar-refractivity contribution is 0.101. The normalized spacial score (nSPS) is 19.3. The molecule has 3 aromatic rings. The molecule has 4 rings (SSSR count). The molecule has 1 aromatic carbocycles. The number of carbonyl (C=O) groups is 1. The minimum absolute atomic E-state index is 0.0832. The fourth-order valence-corrected chi connectivity index (χ4v) is 3.98. The van der Waals surface area contributed by atoms with E-state index in [2.05, 4.69) is 15.5 Å². The SMILES string of the molecule is CC1(c2cc(NC(=O)c3cc(-c4ccco4)on3)ccc2F)CCSC(N)=N1. The van der Waals surface area contributed by atoms with E-state index in [9.17, 15) is 9.18 Å². The number of hydrogen-bond acceptors (Lipinski definition) is 7. The maximum absolute atomic E-state index is 14.5. The Bertz CT molecular complexity index is 1050. The maximum atomic E-state index is 14.5. The first-order chi connectivity index (χ1) is 13.4. The van der Waals surface area contributed by atoms with Crippen molar-refractivity contribution >= 4 is 28.5 Å². The van der Waals surface area contributed by atoms with Crippen molar-refractivity contribution in [2.75, 3.05) is 11.1 Å². The van der Waals surface area contributed by atoms with Crippen molar-refractivity contribution in [3.8, 4) is 11.5 Å². The molecule has 0 bridgehead atoms. The first-order valence-corrected chi connectivity index (χ1v) is 9.53. The summed E-state index contributed by atoms with van der Waals surface area (Å²) in [6, 6.07) is 9.25. The third kappa shape index (κ3) is 3.53. The zero-order valence-electron chi connectivity index (χ0n) is 14.9. The van der Waals surface area contributed by atoms with E-state index < -0.39 is 17.3 Å². The fraction of sp³-hybridized carbons (Fsp3) is 0.211. The summed E-state index contributed by atoms with van der Waals surface area (Å²) in [6.07, 6.45) is 2.14. The van der Waals surface area contributed by atoms with Crippen LogP contribution in [0.1, 0.15) is 29.4 Å². The van der Waals surface area contributed by atoms with Crippen molar-refractivity contribution in [2.45, 2.75) is 18.9 Å². The molecule has 7 nitrogen and oxygen atoms in total. The molecule has 0 saturated heterocycles. The molecule has 1 aliphatic heterocycles. The number of nitrogens with zero attached hydrogens (tertiary/aromatic N) is 2. The molecule has 0 aliphatic carbocycles. The van der Waals surface area contributed by atoms with Crippen LogP contribution in [0, 0.1) is 5.82 Å². The van der Waals surface area contributed by atoms with Crippen LogP contribution in [0.15, 0.2) is 56.6 Å². The Morgan fingerprint density at radius 1 is 1.32 bits per heavy atom. The van der Waals surface area contributed by atoms with Crippen molar-refractivity contribution in [3.63, 3.8) is 0 Å². The number of anilines is 1. The van der Waals surface area contributed by atoms with Gasteiger partial charge in [0.05, 0.1) is 11.8 Å². The molecule has 0 spiro atoms. The smallest absolute Gasteiger partial charge is 0.277 e. The number of nitrogens with two attached hydrogens (primary N) is 1. The molecule has 0 saturated carbocycles. The van der Waals surface area contributed by atoms with Crippen molar-refractivity contribution in [3.05, 3.63) is 59.7 Å². The summed E-state index contributed by atoms with van der Waals surface area (Å²) in [5, 5.41) is 6.89. The van der Waals surface area contributed by atoms with Gasteiger partial charge in [0, 0.05) is 23.1 Å². The van der Waals surface area contributed by atoms with Gasteiger partial charge < -0.3 is 20.0 Å². The Morgan fingerprint density at radius 2 is 2.18 bits per heavy atom. The number of rotatable bonds is 4. The number of thioether (sulfide) groups is 1. The Balaban J connectivity index is 1.57. The zero-order valence-corrected chi connectivity index (χ0v) is 15.8. The molecule has 1 amide bonds. The van der Waals surface area contributed by atoms with Crippen molar-refractivity contribution < 1.29 is 18.1 Å². The van der Waals surface area contributed by atoms with Gasteiger partial charge in [-0.3, -0.25) is 9.79 Å². The second-order valence-corrected chi connectivity index (χ2v) is 7.64. The van der Waals surface area contributed by atoms with E-state index in [-0.39, 0.29) is 5.69 Å². The number of aliphatic imine (C=N–C) groups is 1. The number of benzene rings is 1. The molecular formula is C19H17FN4O3S. The van der Waals surface area contributed by atoms with Crippen LogP contribution >= 0.6 is 11.8 Å². The van der Waals surface area contributed by atoms with E-state index in [0.717, 1.165) is 5.75 Å². The quantitative estimate of drug-likeness (QED) is 0.686. The lowest BCUT2D eigenvalue weighted by Gasteiger charge is -2.30. The predicted octanol–water partition coefficient (Wildman–Crippen LogP) is 3.99. The molecule has 0 fully saturated rings. The van der Waals surface area contributed by atoms with E-state index in [1.807, 2.05) is 6.92 Å². The average molecular weight is 400 g/mol. The Hall–Kier alpha value is -3.07. The van der Waals surface area contributed by atoms with Gasteiger partial charge in [0.1, 0.15) is 5.82 Å². The summed E-state index contributed by atoms with van der Waals surface area (Å²) in [5.41, 5.74) is 5.94. The van der Waals surface area contributed by atoms with Crippen LogP contribution in [0.5, 0.6) is 0 Å². The molecule has 0 radical (unpaired) electrons. The van der Waals surface area contributed by atoms with Crippen LogP contribution < -0.4 is 11.1 Å². The number of amidine groups is 1. The molecule has 1 unspecified atom stereocenters. The van der Waals surface area contributed by atoms with E-state index in [0.29, 0.717) is 34.4 Å². The third-order valence-electron chi connectivity index (χ3n) is 4.51. The highest BCUT2D eigenvalue weighted by molar-refractivity contribution is 8.13. The van der Waals surface area contributed by atoms with Crippen LogP contribution in [0.2, 0.25) is 0 Å². The first kappa shape index (κ1) is 18.3. The van der Waals surface area contributed by atoms with Gasteiger partial charge in [-0.05, 0) is 43.7 Å². The Labute approximate surface area is 164 Å². The maximum Gasteiger partial charge on any atom is 0.277 e. The minimum atomic E-state index is -0.777. The second kappa shape index (κ2) is 7.16. The van der Waals surface area contributed by atoms with Crippen LogP contribution in [-0.4, -0.2) is 22.0 Å². The number of halogens is 1. The van der Waals surface area contributed by atoms with Crippen molar-refractivity contribution in [1.29, 1.82) is 0 Å². The summed E-state index contributed by atoms with van der Waals surface area (Å²) < 4.78 is 24.8. The molecule has 144 valence electrons. The highest BCUT2D eigenvalue weighted by atomic mass is 32.2. The molecular weight excluding hydrogens is 383 g/mol. The number of carbonyl (C=O) groups excluding carboxylic acids is 1. The standard InChI is InChI=1S/C19H17FN4O3S/c1-19(6-8-28-18(21)23-19)12-9-11(4-5-13(12)20)22-17(25)14-10-16(27-24-14)15-3-2-7-26-15/h2-5,7,9-10H,6,8H2,1H3,(H2,21,23)(H,22,25). The van der Waals surface area contributed by atoms with E-state index in [4.69, 9.17) is 14.7 Å². The van der Waals surface area contributed by atoms with E-state index in [1.54, 1.807) is 18.2 Å². The number of furan rings is 1. The molecule has 3 heterocycles. The van der Waals surface area contributed by atoms with Gasteiger partial charge in [-0.15, -0.1) is 0 Å². The summed E-state index contributed by atoms with van der Waals surface area (Å²) >= 11 is 1.44. The lowest BCUT2D eigenvalue weighted by atomic mass is 9.89. The van der Waals surface area contributed by atoms with Gasteiger partial charge >= 0.3 is 0 Å². The highest BCUT2D eigenvalue weighted by Gasteiger charge is 2.32. The first-order valence-electron chi connectivity index (χ1n) is 8.55. The second-order valence-electron chi connectivity index (χ2n) is 6.52. The zero-order chi connectivity index (χ0) is 19.7. The molecule has 9 heteroatoms. The third-order valence-corrected chi connectivity index (χ3v) is 5.30. The monoisotopic (exact) mass is 400 g/mol. The number of nitrogens with one attached hydrogen (secondary N) is 1. The molecule has 1 atom stereocenters. The lowest BCUT2D eigenvalue weighted by Crippen LogP contribution is -2.29. The Morgan fingerprint density at radius 3 is 2.93 bits per heavy atom. The summed E-state index contributed by atoms with van der Waals surface area (Å²) in [5.74, 6) is 0.675. The van der Waals surface area contributed by atoms with Gasteiger partial charge in [-0.2, -0.15) is 0 Å². The fourth-order valence-electron chi connectivity index (χ4n) is 3.01. The minimum Gasteiger partial charge on any atom is -0.461 e. The van der Waals surface area contributed by atoms with Gasteiger partial charge in [0.15, 0.2) is 16.6 Å². The number of hydrogen-bond donors (Lipinski definition) is 2. The molecule has 2 aromatic heterocycles. The Kier molecular flexibility index (Phi) is 4.68. The van der Waals surface area contributed by atoms with E-state index in [1.165, 1.54) is 36.2 Å². The van der Waals surface area contributed by atoms with Crippen molar-refractivity contribution in [1.82, 2.24) is 5.16 Å². The van der Waals surface area contributed by atoms with Crippen LogP contribution in [-0.2, 0) is 5.54 Å². The topological polar surface area (TPSA) is 107 Å². The predicted molar refractivity (Wildman–Crippen MR) is 105 cm³/mol. The summed E-state index contributed by atoms with van der Waals surface area (Å²) in [6.45, 7) is 1.83. The average Bonchev–Trinajstić information content (AvgIpc) is 3.34. The largest absolute Gasteiger partial charge is 0.461 e. The van der Waals surface area contributed by atoms with Gasteiger partial charge in [-0.25, -0.2) is 4.39 Å². The van der Waals surface area contributed by atoms with Crippen LogP contribution in [0.25, 0.3) is 11.5 Å². The van der Waals surface area contributed by atoms with Gasteiger partial charge in [-0.1, -0.05) is 16.9 Å². The van der Waals surface area contributed by atoms with Crippen molar-refractivity contribution in [2.24, 2.45) is 10.7 Å². The molecule has 3 N–H and O–H groups in total. The van der Waals surface area contributed by atoms with Gasteiger partial charge in [0.25, 0.3) is 5.91 Å². The van der Waals surface area contributed by atoms with Gasteiger partial charge in [0.2, 0.25) is 5.76 Å². The highest BCUT2D eigenvalue weighted by Crippen LogP contribution is 2.37. The molecule has 1 aliphatic rings. The van der Waals surface area contributed by atoms with E-state index >= 15 is 0 Å². The summed E-state index contributed by atoms with van der Waals surface area (Å²) in [7, 11) is 0. The van der Waals surface area contributed by atoms with Crippen LogP contribution in [0.3, 0.4) is 0 Å². The number of aromatic nitrogens is 1. The molecule has 28 heavy (non-hydrogen) atoms. The number of amides is 1. The van der Waals surface area contributed by atoms with Crippen LogP contribution in [0.4, 0.5) is 10.1 Å². The summed E-state index contributed by atoms with van der Waals surface area (Å²) in [4.78, 5) is 16.9.